The monoisotopic (exact) mass is 306 g/mol. The molecule has 0 amide bonds. The number of nitrogens with zero attached hydrogens (tertiary/aromatic N) is 1. The Labute approximate surface area is 130 Å². The van der Waals surface area contributed by atoms with Crippen LogP contribution in [-0.4, -0.2) is 30.0 Å². The van der Waals surface area contributed by atoms with E-state index in [0.717, 1.165) is 22.2 Å². The van der Waals surface area contributed by atoms with Gasteiger partial charge in [-0.25, -0.2) is 9.79 Å². The van der Waals surface area contributed by atoms with E-state index in [1.165, 1.54) is 26.4 Å². The summed E-state index contributed by atoms with van der Waals surface area (Å²) in [5, 5.41) is 4.45. The SMILES string of the molecule is CCCC[C@H]1CSC(=Nc2ccc(C(=O)OC)cc2C)N1. The molecule has 1 heterocycles. The first-order valence-electron chi connectivity index (χ1n) is 7.31. The zero-order chi connectivity index (χ0) is 15.2. The average molecular weight is 306 g/mol. The molecule has 0 saturated carbocycles. The number of unbranched alkanes of at least 4 members (excludes halogenated alkanes) is 1. The van der Waals surface area contributed by atoms with E-state index >= 15 is 0 Å². The number of benzene rings is 1. The van der Waals surface area contributed by atoms with E-state index in [1.807, 2.05) is 19.1 Å². The zero-order valence-corrected chi connectivity index (χ0v) is 13.6. The van der Waals surface area contributed by atoms with Gasteiger partial charge in [0.2, 0.25) is 0 Å². The molecule has 0 aliphatic carbocycles. The van der Waals surface area contributed by atoms with Crippen LogP contribution in [-0.2, 0) is 4.74 Å². The van der Waals surface area contributed by atoms with Gasteiger partial charge in [-0.3, -0.25) is 0 Å². The molecule has 0 unspecified atom stereocenters. The van der Waals surface area contributed by atoms with Crippen LogP contribution in [0, 0.1) is 6.92 Å². The van der Waals surface area contributed by atoms with Gasteiger partial charge in [0, 0.05) is 11.8 Å². The Balaban J connectivity index is 2.06. The highest BCUT2D eigenvalue weighted by atomic mass is 32.2. The number of thioether (sulfide) groups is 1. The fraction of sp³-hybridized carbons (Fsp3) is 0.500. The summed E-state index contributed by atoms with van der Waals surface area (Å²) in [6.07, 6.45) is 3.67. The predicted molar refractivity (Wildman–Crippen MR) is 88.5 cm³/mol. The van der Waals surface area contributed by atoms with Crippen LogP contribution in [0.3, 0.4) is 0 Å². The number of ether oxygens (including phenoxy) is 1. The molecular weight excluding hydrogens is 284 g/mol. The van der Waals surface area contributed by atoms with Crippen molar-refractivity contribution in [3.63, 3.8) is 0 Å². The van der Waals surface area contributed by atoms with Crippen LogP contribution in [0.25, 0.3) is 0 Å². The van der Waals surface area contributed by atoms with Gasteiger partial charge in [0.25, 0.3) is 0 Å². The standard InChI is InChI=1S/C16H22N2O2S/c1-4-5-6-13-10-21-16(17-13)18-14-8-7-12(9-11(14)2)15(19)20-3/h7-9,13H,4-6,10H2,1-3H3,(H,17,18)/t13-/m0/s1. The van der Waals surface area contributed by atoms with Crippen molar-refractivity contribution in [1.29, 1.82) is 0 Å². The molecule has 0 spiro atoms. The number of esters is 1. The Morgan fingerprint density at radius 1 is 1.52 bits per heavy atom. The van der Waals surface area contributed by atoms with Crippen molar-refractivity contribution in [2.75, 3.05) is 12.9 Å². The number of carbonyl (C=O) groups is 1. The van der Waals surface area contributed by atoms with E-state index in [-0.39, 0.29) is 5.97 Å². The van der Waals surface area contributed by atoms with Gasteiger partial charge in [-0.15, -0.1) is 0 Å². The summed E-state index contributed by atoms with van der Waals surface area (Å²) in [6, 6.07) is 5.98. The summed E-state index contributed by atoms with van der Waals surface area (Å²) in [5.74, 6) is 0.767. The molecule has 1 atom stereocenters. The number of aliphatic imine (C=N–C) groups is 1. The molecule has 1 saturated heterocycles. The largest absolute Gasteiger partial charge is 0.465 e. The lowest BCUT2D eigenvalue weighted by molar-refractivity contribution is 0.0600. The van der Waals surface area contributed by atoms with Crippen molar-refractivity contribution < 1.29 is 9.53 Å². The summed E-state index contributed by atoms with van der Waals surface area (Å²) in [6.45, 7) is 4.17. The number of carbonyl (C=O) groups excluding carboxylic acids is 1. The number of aryl methyl sites for hydroxylation is 1. The minimum absolute atomic E-state index is 0.315. The Bertz CT molecular complexity index is 543. The van der Waals surface area contributed by atoms with Crippen LogP contribution in [0.2, 0.25) is 0 Å². The highest BCUT2D eigenvalue weighted by Crippen LogP contribution is 2.25. The lowest BCUT2D eigenvalue weighted by Crippen LogP contribution is -2.26. The Hall–Kier alpha value is -1.49. The lowest BCUT2D eigenvalue weighted by Gasteiger charge is -2.08. The molecular formula is C16H22N2O2S. The predicted octanol–water partition coefficient (Wildman–Crippen LogP) is 3.66. The molecule has 0 bridgehead atoms. The molecule has 21 heavy (non-hydrogen) atoms. The van der Waals surface area contributed by atoms with Crippen LogP contribution in [0.4, 0.5) is 5.69 Å². The molecule has 1 fully saturated rings. The molecule has 1 aromatic rings. The maximum atomic E-state index is 11.5. The molecule has 1 N–H and O–H groups in total. The summed E-state index contributed by atoms with van der Waals surface area (Å²) in [7, 11) is 1.39. The van der Waals surface area contributed by atoms with Gasteiger partial charge in [-0.05, 0) is 37.1 Å². The zero-order valence-electron chi connectivity index (χ0n) is 12.8. The molecule has 5 heteroatoms. The number of hydrogen-bond acceptors (Lipinski definition) is 4. The first-order valence-corrected chi connectivity index (χ1v) is 8.29. The summed E-state index contributed by atoms with van der Waals surface area (Å²) < 4.78 is 4.72. The fourth-order valence-corrected chi connectivity index (χ4v) is 3.27. The van der Waals surface area contributed by atoms with Crippen LogP contribution >= 0.6 is 11.8 Å². The van der Waals surface area contributed by atoms with Gasteiger partial charge in [0.1, 0.15) is 0 Å². The van der Waals surface area contributed by atoms with Crippen LogP contribution < -0.4 is 5.32 Å². The van der Waals surface area contributed by atoms with E-state index in [9.17, 15) is 4.79 Å². The second-order valence-corrected chi connectivity index (χ2v) is 6.21. The number of hydrogen-bond donors (Lipinski definition) is 1. The van der Waals surface area contributed by atoms with Crippen molar-refractivity contribution in [2.24, 2.45) is 4.99 Å². The number of rotatable bonds is 5. The summed E-state index contributed by atoms with van der Waals surface area (Å²) >= 11 is 1.77. The van der Waals surface area contributed by atoms with Crippen molar-refractivity contribution in [1.82, 2.24) is 5.32 Å². The van der Waals surface area contributed by atoms with Gasteiger partial charge in [0.05, 0.1) is 18.4 Å². The van der Waals surface area contributed by atoms with Crippen LogP contribution in [0.5, 0.6) is 0 Å². The van der Waals surface area contributed by atoms with Crippen molar-refractivity contribution >= 4 is 28.6 Å². The topological polar surface area (TPSA) is 50.7 Å². The molecule has 2 rings (SSSR count). The van der Waals surface area contributed by atoms with Gasteiger partial charge in [0.15, 0.2) is 5.17 Å². The molecule has 4 nitrogen and oxygen atoms in total. The first-order chi connectivity index (χ1) is 10.1. The average Bonchev–Trinajstić information content (AvgIpc) is 2.94. The van der Waals surface area contributed by atoms with Crippen LogP contribution in [0.15, 0.2) is 23.2 Å². The summed E-state index contributed by atoms with van der Waals surface area (Å²) in [4.78, 5) is 16.1. The van der Waals surface area contributed by atoms with E-state index in [4.69, 9.17) is 4.74 Å². The maximum absolute atomic E-state index is 11.5. The summed E-state index contributed by atoms with van der Waals surface area (Å²) in [5.41, 5.74) is 2.44. The van der Waals surface area contributed by atoms with Crippen molar-refractivity contribution in [3.8, 4) is 0 Å². The van der Waals surface area contributed by atoms with Gasteiger partial charge in [-0.2, -0.15) is 0 Å². The van der Waals surface area contributed by atoms with Gasteiger partial charge >= 0.3 is 5.97 Å². The molecule has 114 valence electrons. The third-order valence-corrected chi connectivity index (χ3v) is 4.55. The number of methoxy groups -OCH3 is 1. The second kappa shape index (κ2) is 7.50. The lowest BCUT2D eigenvalue weighted by atomic mass is 10.1. The quantitative estimate of drug-likeness (QED) is 0.843. The van der Waals surface area contributed by atoms with Gasteiger partial charge < -0.3 is 10.1 Å². The third-order valence-electron chi connectivity index (χ3n) is 3.49. The first kappa shape index (κ1) is 15.9. The minimum Gasteiger partial charge on any atom is -0.465 e. The number of amidine groups is 1. The van der Waals surface area contributed by atoms with E-state index in [2.05, 4.69) is 17.2 Å². The molecule has 0 aromatic heterocycles. The van der Waals surface area contributed by atoms with Crippen molar-refractivity contribution in [3.05, 3.63) is 29.3 Å². The molecule has 1 aliphatic rings. The minimum atomic E-state index is -0.315. The van der Waals surface area contributed by atoms with E-state index in [0.29, 0.717) is 11.6 Å². The fourth-order valence-electron chi connectivity index (χ4n) is 2.24. The normalized spacial score (nSPS) is 19.6. The Morgan fingerprint density at radius 2 is 2.33 bits per heavy atom. The molecule has 1 aromatic carbocycles. The molecule has 1 aliphatic heterocycles. The van der Waals surface area contributed by atoms with Gasteiger partial charge in [-0.1, -0.05) is 31.5 Å². The highest BCUT2D eigenvalue weighted by Gasteiger charge is 2.19. The smallest absolute Gasteiger partial charge is 0.337 e. The van der Waals surface area contributed by atoms with Crippen LogP contribution in [0.1, 0.15) is 42.1 Å². The Kier molecular flexibility index (Phi) is 5.67. The number of nitrogens with one attached hydrogen (secondary N) is 1. The van der Waals surface area contributed by atoms with E-state index < -0.39 is 0 Å². The third kappa shape index (κ3) is 4.24. The van der Waals surface area contributed by atoms with Crippen molar-refractivity contribution in [2.45, 2.75) is 39.2 Å². The molecule has 0 radical (unpaired) electrons. The highest BCUT2D eigenvalue weighted by molar-refractivity contribution is 8.14. The second-order valence-electron chi connectivity index (χ2n) is 5.20. The Morgan fingerprint density at radius 3 is 3.00 bits per heavy atom. The van der Waals surface area contributed by atoms with E-state index in [1.54, 1.807) is 17.8 Å². The maximum Gasteiger partial charge on any atom is 0.337 e.